The van der Waals surface area contributed by atoms with E-state index in [1.165, 1.54) is 0 Å². The van der Waals surface area contributed by atoms with Crippen molar-refractivity contribution in [3.05, 3.63) is 40.4 Å². The molecule has 8 nitrogen and oxygen atoms in total. The van der Waals surface area contributed by atoms with Gasteiger partial charge in [-0.2, -0.15) is 0 Å². The molecule has 2 atom stereocenters. The molecule has 162 valence electrons. The topological polar surface area (TPSA) is 104 Å². The van der Waals surface area contributed by atoms with Crippen molar-refractivity contribution in [3.63, 3.8) is 0 Å². The zero-order valence-electron chi connectivity index (χ0n) is 18.0. The molecule has 2 amide bonds. The molecular formula is C22H30N4O4. The van der Waals surface area contributed by atoms with Crippen molar-refractivity contribution in [1.29, 1.82) is 0 Å². The van der Waals surface area contributed by atoms with E-state index in [-0.39, 0.29) is 30.0 Å². The van der Waals surface area contributed by atoms with Gasteiger partial charge in [0.2, 0.25) is 5.91 Å². The summed E-state index contributed by atoms with van der Waals surface area (Å²) in [5.74, 6) is 0.0250. The van der Waals surface area contributed by atoms with Gasteiger partial charge < -0.3 is 19.9 Å². The van der Waals surface area contributed by atoms with E-state index < -0.39 is 11.7 Å². The summed E-state index contributed by atoms with van der Waals surface area (Å²) in [5, 5.41) is 3.39. The lowest BCUT2D eigenvalue weighted by atomic mass is 9.83. The number of para-hydroxylation sites is 1. The van der Waals surface area contributed by atoms with Crippen LogP contribution in [0.25, 0.3) is 10.9 Å². The number of aromatic amines is 1. The fourth-order valence-electron chi connectivity index (χ4n) is 3.85. The number of hydrogen-bond donors (Lipinski definition) is 2. The molecular weight excluding hydrogens is 384 g/mol. The van der Waals surface area contributed by atoms with Crippen LogP contribution in [0.15, 0.2) is 29.1 Å². The van der Waals surface area contributed by atoms with Gasteiger partial charge in [0.05, 0.1) is 23.4 Å². The van der Waals surface area contributed by atoms with Gasteiger partial charge in [0.15, 0.2) is 0 Å². The molecule has 2 N–H and O–H groups in total. The molecule has 1 fully saturated rings. The van der Waals surface area contributed by atoms with Gasteiger partial charge in [-0.05, 0) is 45.7 Å². The van der Waals surface area contributed by atoms with Gasteiger partial charge in [0, 0.05) is 13.1 Å². The summed E-state index contributed by atoms with van der Waals surface area (Å²) >= 11 is 0. The number of H-pyrrole nitrogens is 1. The highest BCUT2D eigenvalue weighted by atomic mass is 16.6. The van der Waals surface area contributed by atoms with Crippen LogP contribution >= 0.6 is 0 Å². The average molecular weight is 415 g/mol. The Labute approximate surface area is 176 Å². The Morgan fingerprint density at radius 3 is 2.67 bits per heavy atom. The normalized spacial score (nSPS) is 19.3. The van der Waals surface area contributed by atoms with Crippen LogP contribution in [0.2, 0.25) is 0 Å². The number of rotatable bonds is 4. The number of alkyl carbamates (subject to hydrolysis) is 1. The van der Waals surface area contributed by atoms with Gasteiger partial charge in [-0.3, -0.25) is 9.59 Å². The zero-order valence-corrected chi connectivity index (χ0v) is 18.0. The van der Waals surface area contributed by atoms with Gasteiger partial charge in [-0.1, -0.05) is 25.0 Å². The smallest absolute Gasteiger partial charge is 0.407 e. The Balaban J connectivity index is 1.70. The van der Waals surface area contributed by atoms with Crippen molar-refractivity contribution < 1.29 is 14.3 Å². The van der Waals surface area contributed by atoms with Crippen LogP contribution in [0.4, 0.5) is 4.79 Å². The van der Waals surface area contributed by atoms with Crippen molar-refractivity contribution in [2.24, 2.45) is 5.92 Å². The van der Waals surface area contributed by atoms with Crippen molar-refractivity contribution in [2.75, 3.05) is 7.05 Å². The molecule has 0 saturated heterocycles. The highest BCUT2D eigenvalue weighted by molar-refractivity contribution is 5.81. The number of amides is 2. The maximum Gasteiger partial charge on any atom is 0.407 e. The van der Waals surface area contributed by atoms with Crippen LogP contribution in [0.3, 0.4) is 0 Å². The number of hydrogen-bond acceptors (Lipinski definition) is 5. The number of fused-ring (bicyclic) bond motifs is 1. The van der Waals surface area contributed by atoms with E-state index in [9.17, 15) is 14.4 Å². The molecule has 2 aromatic rings. The summed E-state index contributed by atoms with van der Waals surface area (Å²) in [6.07, 6.45) is 2.81. The fraction of sp³-hybridized carbons (Fsp3) is 0.545. The van der Waals surface area contributed by atoms with E-state index >= 15 is 0 Å². The first kappa shape index (κ1) is 21.8. The second-order valence-corrected chi connectivity index (χ2v) is 8.87. The van der Waals surface area contributed by atoms with E-state index in [4.69, 9.17) is 4.74 Å². The number of carbonyl (C=O) groups is 2. The molecule has 1 aliphatic rings. The van der Waals surface area contributed by atoms with Crippen LogP contribution in [-0.2, 0) is 16.1 Å². The van der Waals surface area contributed by atoms with E-state index in [1.54, 1.807) is 50.9 Å². The van der Waals surface area contributed by atoms with Crippen LogP contribution in [0.1, 0.15) is 52.3 Å². The lowest BCUT2D eigenvalue weighted by Gasteiger charge is -2.34. The predicted octanol–water partition coefficient (Wildman–Crippen LogP) is 2.97. The lowest BCUT2D eigenvalue weighted by molar-refractivity contribution is -0.136. The molecule has 0 spiro atoms. The highest BCUT2D eigenvalue weighted by Crippen LogP contribution is 2.27. The fourth-order valence-corrected chi connectivity index (χ4v) is 3.85. The SMILES string of the molecule is CN(Cc1nc2ccccc2c(=O)[nH]1)C(=O)C1CCCCC1NC(=O)OC(C)(C)C. The molecule has 1 saturated carbocycles. The van der Waals surface area contributed by atoms with Crippen LogP contribution in [0, 0.1) is 5.92 Å². The molecule has 0 bridgehead atoms. The first-order chi connectivity index (χ1) is 14.1. The third kappa shape index (κ3) is 5.37. The van der Waals surface area contributed by atoms with Crippen molar-refractivity contribution in [2.45, 2.75) is 64.6 Å². The van der Waals surface area contributed by atoms with Gasteiger partial charge in [0.1, 0.15) is 11.4 Å². The number of aromatic nitrogens is 2. The summed E-state index contributed by atoms with van der Waals surface area (Å²) in [4.78, 5) is 46.4. The zero-order chi connectivity index (χ0) is 21.9. The Morgan fingerprint density at radius 1 is 1.23 bits per heavy atom. The van der Waals surface area contributed by atoms with Gasteiger partial charge in [0.25, 0.3) is 5.56 Å². The Kier molecular flexibility index (Phi) is 6.43. The number of carbonyl (C=O) groups excluding carboxylic acids is 2. The van der Waals surface area contributed by atoms with Crippen LogP contribution in [0.5, 0.6) is 0 Å². The lowest BCUT2D eigenvalue weighted by Crippen LogP contribution is -2.49. The maximum atomic E-state index is 13.1. The van der Waals surface area contributed by atoms with Gasteiger partial charge >= 0.3 is 6.09 Å². The Morgan fingerprint density at radius 2 is 1.93 bits per heavy atom. The molecule has 30 heavy (non-hydrogen) atoms. The molecule has 1 aliphatic carbocycles. The van der Waals surface area contributed by atoms with Crippen LogP contribution < -0.4 is 10.9 Å². The largest absolute Gasteiger partial charge is 0.444 e. The molecule has 1 heterocycles. The quantitative estimate of drug-likeness (QED) is 0.800. The average Bonchev–Trinajstić information content (AvgIpc) is 2.66. The van der Waals surface area contributed by atoms with Crippen LogP contribution in [-0.4, -0.2) is 45.6 Å². The maximum absolute atomic E-state index is 13.1. The second-order valence-electron chi connectivity index (χ2n) is 8.87. The minimum atomic E-state index is -0.595. The Hall–Kier alpha value is -2.90. The standard InChI is InChI=1S/C22H30N4O4/c1-22(2,3)30-21(29)24-17-12-8-6-10-15(17)20(28)26(4)13-18-23-16-11-7-5-9-14(16)19(27)25-18/h5,7,9,11,15,17H,6,8,10,12-13H2,1-4H3,(H,24,29)(H,23,25,27). The molecule has 0 aliphatic heterocycles. The van der Waals surface area contributed by atoms with Crippen molar-refractivity contribution in [1.82, 2.24) is 20.2 Å². The molecule has 3 rings (SSSR count). The van der Waals surface area contributed by atoms with Crippen molar-refractivity contribution in [3.8, 4) is 0 Å². The summed E-state index contributed by atoms with van der Waals surface area (Å²) in [6, 6.07) is 6.83. The molecule has 1 aromatic carbocycles. The molecule has 2 unspecified atom stereocenters. The van der Waals surface area contributed by atoms with E-state index in [0.717, 1.165) is 19.3 Å². The Bertz CT molecular complexity index is 979. The van der Waals surface area contributed by atoms with Gasteiger partial charge in [-0.15, -0.1) is 0 Å². The first-order valence-corrected chi connectivity index (χ1v) is 10.4. The minimum Gasteiger partial charge on any atom is -0.444 e. The molecule has 8 heteroatoms. The van der Waals surface area contributed by atoms with Crippen molar-refractivity contribution >= 4 is 22.9 Å². The summed E-state index contributed by atoms with van der Waals surface area (Å²) in [7, 11) is 1.69. The number of nitrogens with zero attached hydrogens (tertiary/aromatic N) is 2. The molecule has 0 radical (unpaired) electrons. The summed E-state index contributed by atoms with van der Waals surface area (Å²) < 4.78 is 5.35. The first-order valence-electron chi connectivity index (χ1n) is 10.4. The monoisotopic (exact) mass is 414 g/mol. The van der Waals surface area contributed by atoms with Gasteiger partial charge in [-0.25, -0.2) is 9.78 Å². The summed E-state index contributed by atoms with van der Waals surface area (Å²) in [5.41, 5.74) is -0.222. The minimum absolute atomic E-state index is 0.0773. The second kappa shape index (κ2) is 8.85. The van der Waals surface area contributed by atoms with E-state index in [1.807, 2.05) is 6.07 Å². The number of ether oxygens (including phenoxy) is 1. The van der Waals surface area contributed by atoms with E-state index in [0.29, 0.717) is 23.1 Å². The highest BCUT2D eigenvalue weighted by Gasteiger charge is 2.34. The van der Waals surface area contributed by atoms with E-state index in [2.05, 4.69) is 15.3 Å². The number of benzene rings is 1. The third-order valence-corrected chi connectivity index (χ3v) is 5.21. The number of nitrogens with one attached hydrogen (secondary N) is 2. The predicted molar refractivity (Wildman–Crippen MR) is 114 cm³/mol. The third-order valence-electron chi connectivity index (χ3n) is 5.21. The summed E-state index contributed by atoms with van der Waals surface area (Å²) in [6.45, 7) is 5.61. The molecule has 1 aromatic heterocycles.